The SMILES string of the molecule is Fc1cc(-c2ccncc2)c(Nc2nnc(S)[nH]2)c2c1CCC2. The molecule has 0 fully saturated rings. The van der Waals surface area contributed by atoms with Crippen molar-refractivity contribution in [2.45, 2.75) is 24.4 Å². The number of anilines is 2. The van der Waals surface area contributed by atoms with Gasteiger partial charge in [-0.1, -0.05) is 0 Å². The number of nitrogens with zero attached hydrogens (tertiary/aromatic N) is 3. The molecule has 1 aliphatic carbocycles. The summed E-state index contributed by atoms with van der Waals surface area (Å²) in [7, 11) is 0. The number of fused-ring (bicyclic) bond motifs is 1. The minimum Gasteiger partial charge on any atom is -0.324 e. The van der Waals surface area contributed by atoms with E-state index in [2.05, 4.69) is 38.1 Å². The molecule has 2 heterocycles. The average Bonchev–Trinajstić information content (AvgIpc) is 3.20. The number of benzene rings is 1. The van der Waals surface area contributed by atoms with Gasteiger partial charge in [0.05, 0.1) is 5.69 Å². The third kappa shape index (κ3) is 2.57. The Balaban J connectivity index is 1.89. The lowest BCUT2D eigenvalue weighted by atomic mass is 9.97. The molecule has 23 heavy (non-hydrogen) atoms. The number of pyridine rings is 1. The Bertz CT molecular complexity index is 862. The van der Waals surface area contributed by atoms with Crippen molar-refractivity contribution in [2.24, 2.45) is 0 Å². The van der Waals surface area contributed by atoms with Crippen molar-refractivity contribution in [3.63, 3.8) is 0 Å². The molecule has 3 aromatic rings. The lowest BCUT2D eigenvalue weighted by Gasteiger charge is -2.16. The van der Waals surface area contributed by atoms with Crippen LogP contribution in [0.1, 0.15) is 17.5 Å². The van der Waals surface area contributed by atoms with Gasteiger partial charge in [0.1, 0.15) is 5.82 Å². The fourth-order valence-electron chi connectivity index (χ4n) is 3.06. The highest BCUT2D eigenvalue weighted by Gasteiger charge is 2.23. The normalized spacial score (nSPS) is 13.1. The molecule has 0 unspecified atom stereocenters. The Hall–Kier alpha value is -2.41. The number of rotatable bonds is 3. The number of H-pyrrole nitrogens is 1. The van der Waals surface area contributed by atoms with E-state index in [4.69, 9.17) is 0 Å². The zero-order valence-corrected chi connectivity index (χ0v) is 13.1. The number of hydrogen-bond acceptors (Lipinski definition) is 5. The zero-order valence-electron chi connectivity index (χ0n) is 12.2. The van der Waals surface area contributed by atoms with Gasteiger partial charge in [0.25, 0.3) is 0 Å². The van der Waals surface area contributed by atoms with Crippen molar-refractivity contribution in [3.05, 3.63) is 47.5 Å². The Morgan fingerprint density at radius 2 is 1.91 bits per heavy atom. The van der Waals surface area contributed by atoms with Crippen LogP contribution >= 0.6 is 12.6 Å². The van der Waals surface area contributed by atoms with Gasteiger partial charge in [0.15, 0.2) is 5.16 Å². The molecule has 0 atom stereocenters. The van der Waals surface area contributed by atoms with Crippen molar-refractivity contribution in [2.75, 3.05) is 5.32 Å². The molecule has 116 valence electrons. The van der Waals surface area contributed by atoms with E-state index >= 15 is 0 Å². The lowest BCUT2D eigenvalue weighted by Crippen LogP contribution is -2.02. The van der Waals surface area contributed by atoms with Crippen molar-refractivity contribution < 1.29 is 4.39 Å². The maximum atomic E-state index is 14.5. The summed E-state index contributed by atoms with van der Waals surface area (Å²) in [5.41, 5.74) is 4.36. The first-order valence-corrected chi connectivity index (χ1v) is 7.80. The minimum atomic E-state index is -0.151. The quantitative estimate of drug-likeness (QED) is 0.644. The van der Waals surface area contributed by atoms with Crippen LogP contribution in [-0.2, 0) is 12.8 Å². The Labute approximate surface area is 137 Å². The van der Waals surface area contributed by atoms with Gasteiger partial charge in [-0.25, -0.2) is 4.39 Å². The van der Waals surface area contributed by atoms with Gasteiger partial charge in [-0.3, -0.25) is 4.98 Å². The van der Waals surface area contributed by atoms with E-state index in [0.29, 0.717) is 11.1 Å². The van der Waals surface area contributed by atoms with Crippen molar-refractivity contribution in [3.8, 4) is 11.1 Å². The van der Waals surface area contributed by atoms with Gasteiger partial charge in [0, 0.05) is 18.0 Å². The summed E-state index contributed by atoms with van der Waals surface area (Å²) in [6.45, 7) is 0. The molecule has 0 radical (unpaired) electrons. The smallest absolute Gasteiger partial charge is 0.227 e. The second kappa shape index (κ2) is 5.66. The first kappa shape index (κ1) is 14.2. The van der Waals surface area contributed by atoms with E-state index in [1.54, 1.807) is 18.5 Å². The van der Waals surface area contributed by atoms with E-state index in [9.17, 15) is 4.39 Å². The first-order valence-electron chi connectivity index (χ1n) is 7.35. The monoisotopic (exact) mass is 327 g/mol. The van der Waals surface area contributed by atoms with E-state index in [1.165, 1.54) is 0 Å². The number of nitrogens with one attached hydrogen (secondary N) is 2. The molecule has 5 nitrogen and oxygen atoms in total. The highest BCUT2D eigenvalue weighted by Crippen LogP contribution is 2.40. The van der Waals surface area contributed by atoms with Crippen LogP contribution in [0.15, 0.2) is 35.7 Å². The largest absolute Gasteiger partial charge is 0.324 e. The predicted octanol–water partition coefficient (Wildman–Crippen LogP) is 3.53. The number of aromatic nitrogens is 4. The second-order valence-electron chi connectivity index (χ2n) is 5.45. The molecular weight excluding hydrogens is 313 g/mol. The van der Waals surface area contributed by atoms with Crippen LogP contribution in [0, 0.1) is 5.82 Å². The van der Waals surface area contributed by atoms with Gasteiger partial charge >= 0.3 is 0 Å². The van der Waals surface area contributed by atoms with Crippen LogP contribution in [0.2, 0.25) is 0 Å². The number of aromatic amines is 1. The molecule has 0 aliphatic heterocycles. The van der Waals surface area contributed by atoms with Crippen LogP contribution in [-0.4, -0.2) is 20.2 Å². The third-order valence-electron chi connectivity index (χ3n) is 4.06. The second-order valence-corrected chi connectivity index (χ2v) is 5.87. The molecule has 4 rings (SSSR count). The molecule has 7 heteroatoms. The number of hydrogen-bond donors (Lipinski definition) is 3. The van der Waals surface area contributed by atoms with E-state index in [0.717, 1.165) is 47.2 Å². The Morgan fingerprint density at radius 1 is 1.13 bits per heavy atom. The van der Waals surface area contributed by atoms with Crippen LogP contribution in [0.5, 0.6) is 0 Å². The Kier molecular flexibility index (Phi) is 3.49. The van der Waals surface area contributed by atoms with Crippen molar-refractivity contribution in [1.82, 2.24) is 20.2 Å². The lowest BCUT2D eigenvalue weighted by molar-refractivity contribution is 0.613. The Morgan fingerprint density at radius 3 is 2.65 bits per heavy atom. The molecule has 2 N–H and O–H groups in total. The molecule has 2 aromatic heterocycles. The third-order valence-corrected chi connectivity index (χ3v) is 4.26. The maximum Gasteiger partial charge on any atom is 0.227 e. The molecule has 0 spiro atoms. The minimum absolute atomic E-state index is 0.151. The molecule has 0 amide bonds. The highest BCUT2D eigenvalue weighted by molar-refractivity contribution is 7.80. The van der Waals surface area contributed by atoms with Crippen molar-refractivity contribution >= 4 is 24.3 Å². The van der Waals surface area contributed by atoms with E-state index < -0.39 is 0 Å². The molecule has 0 bridgehead atoms. The van der Waals surface area contributed by atoms with E-state index in [1.807, 2.05) is 12.1 Å². The summed E-state index contributed by atoms with van der Waals surface area (Å²) < 4.78 is 14.5. The van der Waals surface area contributed by atoms with Gasteiger partial charge < -0.3 is 10.3 Å². The van der Waals surface area contributed by atoms with Crippen LogP contribution in [0.25, 0.3) is 11.1 Å². The fraction of sp³-hybridized carbons (Fsp3) is 0.188. The highest BCUT2D eigenvalue weighted by atomic mass is 32.1. The van der Waals surface area contributed by atoms with Gasteiger partial charge in [-0.05, 0) is 54.2 Å². The van der Waals surface area contributed by atoms with Crippen LogP contribution in [0.4, 0.5) is 16.0 Å². The molecule has 0 saturated heterocycles. The summed E-state index contributed by atoms with van der Waals surface area (Å²) in [5, 5.41) is 11.5. The zero-order chi connectivity index (χ0) is 15.8. The number of thiol groups is 1. The number of halogens is 1. The molecule has 1 aromatic carbocycles. The summed E-state index contributed by atoms with van der Waals surface area (Å²) >= 11 is 4.13. The first-order chi connectivity index (χ1) is 11.2. The molecule has 1 aliphatic rings. The van der Waals surface area contributed by atoms with Gasteiger partial charge in [0.2, 0.25) is 5.95 Å². The summed E-state index contributed by atoms with van der Waals surface area (Å²) in [6, 6.07) is 5.32. The van der Waals surface area contributed by atoms with Crippen LogP contribution in [0.3, 0.4) is 0 Å². The maximum absolute atomic E-state index is 14.5. The molecular formula is C16H14FN5S. The molecule has 0 saturated carbocycles. The van der Waals surface area contributed by atoms with Crippen molar-refractivity contribution in [1.29, 1.82) is 0 Å². The fourth-order valence-corrected chi connectivity index (χ4v) is 3.21. The standard InChI is InChI=1S/C16H14FN5S/c17-13-8-12(9-4-6-18-7-5-9)14(11-3-1-2-10(11)13)19-15-20-16(23)22-21-15/h4-8H,1-3H2,(H3,19,20,21,22,23). The van der Waals surface area contributed by atoms with Crippen LogP contribution < -0.4 is 5.32 Å². The van der Waals surface area contributed by atoms with Gasteiger partial charge in [-0.15, -0.1) is 22.8 Å². The summed E-state index contributed by atoms with van der Waals surface area (Å²) in [6.07, 6.45) is 5.96. The predicted molar refractivity (Wildman–Crippen MR) is 88.6 cm³/mol. The summed E-state index contributed by atoms with van der Waals surface area (Å²) in [5.74, 6) is 0.341. The van der Waals surface area contributed by atoms with Gasteiger partial charge in [-0.2, -0.15) is 0 Å². The summed E-state index contributed by atoms with van der Waals surface area (Å²) in [4.78, 5) is 6.96. The topological polar surface area (TPSA) is 66.5 Å². The van der Waals surface area contributed by atoms with E-state index in [-0.39, 0.29) is 5.82 Å². The average molecular weight is 327 g/mol.